The van der Waals surface area contributed by atoms with Crippen LogP contribution < -0.4 is 5.32 Å². The molecule has 1 unspecified atom stereocenters. The lowest BCUT2D eigenvalue weighted by Crippen LogP contribution is -2.26. The molecule has 0 saturated heterocycles. The Labute approximate surface area is 100 Å². The zero-order valence-electron chi connectivity index (χ0n) is 10.7. The second kappa shape index (κ2) is 8.35. The van der Waals surface area contributed by atoms with Gasteiger partial charge in [-0.1, -0.05) is 43.7 Å². The normalized spacial score (nSPS) is 12.6. The van der Waals surface area contributed by atoms with Gasteiger partial charge in [-0.15, -0.1) is 0 Å². The van der Waals surface area contributed by atoms with Gasteiger partial charge >= 0.3 is 0 Å². The molecule has 1 aromatic rings. The van der Waals surface area contributed by atoms with Gasteiger partial charge in [0.15, 0.2) is 0 Å². The van der Waals surface area contributed by atoms with Crippen molar-refractivity contribution in [2.75, 3.05) is 6.54 Å². The quantitative estimate of drug-likeness (QED) is 0.656. The van der Waals surface area contributed by atoms with Crippen molar-refractivity contribution in [1.29, 1.82) is 0 Å². The molecule has 1 nitrogen and oxygen atoms in total. The van der Waals surface area contributed by atoms with Gasteiger partial charge in [0, 0.05) is 6.04 Å². The lowest BCUT2D eigenvalue weighted by molar-refractivity contribution is 0.489. The predicted molar refractivity (Wildman–Crippen MR) is 71.8 cm³/mol. The summed E-state index contributed by atoms with van der Waals surface area (Å²) in [4.78, 5) is 0. The Kier molecular flexibility index (Phi) is 6.91. The summed E-state index contributed by atoms with van der Waals surface area (Å²) in [6.45, 7) is 5.66. The summed E-state index contributed by atoms with van der Waals surface area (Å²) < 4.78 is 0. The molecule has 0 aliphatic heterocycles. The molecular formula is C15H25N. The minimum Gasteiger partial charge on any atom is -0.314 e. The van der Waals surface area contributed by atoms with E-state index in [1.807, 2.05) is 0 Å². The summed E-state index contributed by atoms with van der Waals surface area (Å²) in [5, 5.41) is 3.53. The average molecular weight is 219 g/mol. The van der Waals surface area contributed by atoms with Crippen LogP contribution in [-0.2, 0) is 6.42 Å². The number of rotatable bonds is 8. The molecule has 0 aromatic heterocycles. The molecule has 0 aliphatic carbocycles. The Morgan fingerprint density at radius 3 is 2.56 bits per heavy atom. The summed E-state index contributed by atoms with van der Waals surface area (Å²) in [6, 6.07) is 11.5. The second-order valence-corrected chi connectivity index (χ2v) is 4.59. The molecule has 0 saturated carbocycles. The highest BCUT2D eigenvalue weighted by Gasteiger charge is 1.99. The van der Waals surface area contributed by atoms with Crippen LogP contribution in [0.1, 0.15) is 45.1 Å². The fraction of sp³-hybridized carbons (Fsp3) is 0.600. The van der Waals surface area contributed by atoms with E-state index in [1.165, 1.54) is 37.7 Å². The highest BCUT2D eigenvalue weighted by molar-refractivity contribution is 5.14. The summed E-state index contributed by atoms with van der Waals surface area (Å²) >= 11 is 0. The molecule has 1 N–H and O–H groups in total. The van der Waals surface area contributed by atoms with Gasteiger partial charge in [0.2, 0.25) is 0 Å². The Bertz CT molecular complexity index is 255. The van der Waals surface area contributed by atoms with E-state index in [0.29, 0.717) is 6.04 Å². The van der Waals surface area contributed by atoms with Crippen molar-refractivity contribution < 1.29 is 0 Å². The first-order valence-corrected chi connectivity index (χ1v) is 6.60. The maximum Gasteiger partial charge on any atom is 0.00387 e. The topological polar surface area (TPSA) is 12.0 Å². The van der Waals surface area contributed by atoms with E-state index in [2.05, 4.69) is 49.5 Å². The molecule has 90 valence electrons. The molecule has 1 aromatic carbocycles. The zero-order chi connectivity index (χ0) is 11.6. The Morgan fingerprint density at radius 2 is 1.88 bits per heavy atom. The highest BCUT2D eigenvalue weighted by Crippen LogP contribution is 2.07. The molecule has 0 fully saturated rings. The van der Waals surface area contributed by atoms with Gasteiger partial charge < -0.3 is 5.32 Å². The van der Waals surface area contributed by atoms with Crippen LogP contribution in [0.4, 0.5) is 0 Å². The van der Waals surface area contributed by atoms with Gasteiger partial charge in [-0.25, -0.2) is 0 Å². The number of hydrogen-bond acceptors (Lipinski definition) is 1. The summed E-state index contributed by atoms with van der Waals surface area (Å²) in [5.41, 5.74) is 1.47. The van der Waals surface area contributed by atoms with Crippen molar-refractivity contribution in [2.45, 2.75) is 52.0 Å². The van der Waals surface area contributed by atoms with Gasteiger partial charge in [0.25, 0.3) is 0 Å². The Balaban J connectivity index is 2.03. The van der Waals surface area contributed by atoms with E-state index in [1.54, 1.807) is 0 Å². The molecule has 1 heteroatoms. The summed E-state index contributed by atoms with van der Waals surface area (Å²) in [5.74, 6) is 0. The van der Waals surface area contributed by atoms with E-state index in [4.69, 9.17) is 0 Å². The van der Waals surface area contributed by atoms with Crippen molar-refractivity contribution in [3.05, 3.63) is 35.9 Å². The van der Waals surface area contributed by atoms with Crippen LogP contribution in [0.25, 0.3) is 0 Å². The van der Waals surface area contributed by atoms with Gasteiger partial charge in [-0.05, 0) is 44.7 Å². The third kappa shape index (κ3) is 5.92. The second-order valence-electron chi connectivity index (χ2n) is 4.59. The van der Waals surface area contributed by atoms with Crippen LogP contribution >= 0.6 is 0 Å². The zero-order valence-corrected chi connectivity index (χ0v) is 10.7. The third-order valence-corrected chi connectivity index (χ3v) is 2.94. The fourth-order valence-electron chi connectivity index (χ4n) is 1.92. The highest BCUT2D eigenvalue weighted by atomic mass is 14.9. The predicted octanol–water partition coefficient (Wildman–Crippen LogP) is 3.79. The van der Waals surface area contributed by atoms with Gasteiger partial charge in [-0.2, -0.15) is 0 Å². The third-order valence-electron chi connectivity index (χ3n) is 2.94. The first kappa shape index (κ1) is 13.2. The van der Waals surface area contributed by atoms with Crippen molar-refractivity contribution in [2.24, 2.45) is 0 Å². The molecule has 1 rings (SSSR count). The molecular weight excluding hydrogens is 194 g/mol. The number of benzene rings is 1. The largest absolute Gasteiger partial charge is 0.314 e. The van der Waals surface area contributed by atoms with Crippen LogP contribution in [0.3, 0.4) is 0 Å². The van der Waals surface area contributed by atoms with Crippen molar-refractivity contribution >= 4 is 0 Å². The van der Waals surface area contributed by atoms with Crippen LogP contribution in [0.15, 0.2) is 30.3 Å². The number of aryl methyl sites for hydroxylation is 1. The van der Waals surface area contributed by atoms with E-state index in [0.717, 1.165) is 6.54 Å². The molecule has 0 radical (unpaired) electrons. The fourth-order valence-corrected chi connectivity index (χ4v) is 1.92. The number of hydrogen-bond donors (Lipinski definition) is 1. The molecule has 0 bridgehead atoms. The minimum absolute atomic E-state index is 0.677. The molecule has 16 heavy (non-hydrogen) atoms. The number of unbranched alkanes of at least 4 members (excludes halogenated alkanes) is 1. The van der Waals surface area contributed by atoms with Crippen molar-refractivity contribution in [3.63, 3.8) is 0 Å². The maximum atomic E-state index is 3.53. The van der Waals surface area contributed by atoms with E-state index in [9.17, 15) is 0 Å². The molecule has 1 atom stereocenters. The standard InChI is InChI=1S/C15H25N/c1-3-13-16-14(2)9-7-8-12-15-10-5-4-6-11-15/h4-6,10-11,14,16H,3,7-9,12-13H2,1-2H3. The smallest absolute Gasteiger partial charge is 0.00387 e. The van der Waals surface area contributed by atoms with Crippen molar-refractivity contribution in [3.8, 4) is 0 Å². The van der Waals surface area contributed by atoms with Gasteiger partial charge in [-0.3, -0.25) is 0 Å². The molecule has 0 spiro atoms. The SMILES string of the molecule is CCCNC(C)CCCCc1ccccc1. The van der Waals surface area contributed by atoms with Crippen LogP contribution in [0.2, 0.25) is 0 Å². The lowest BCUT2D eigenvalue weighted by Gasteiger charge is -2.12. The first-order valence-electron chi connectivity index (χ1n) is 6.60. The molecule has 0 aliphatic rings. The first-order chi connectivity index (χ1) is 7.83. The average Bonchev–Trinajstić information content (AvgIpc) is 2.33. The van der Waals surface area contributed by atoms with E-state index < -0.39 is 0 Å². The summed E-state index contributed by atoms with van der Waals surface area (Å²) in [7, 11) is 0. The molecule has 0 heterocycles. The van der Waals surface area contributed by atoms with Crippen LogP contribution in [-0.4, -0.2) is 12.6 Å². The van der Waals surface area contributed by atoms with Gasteiger partial charge in [0.05, 0.1) is 0 Å². The Morgan fingerprint density at radius 1 is 1.12 bits per heavy atom. The Hall–Kier alpha value is -0.820. The lowest BCUT2D eigenvalue weighted by atomic mass is 10.0. The van der Waals surface area contributed by atoms with Crippen LogP contribution in [0, 0.1) is 0 Å². The molecule has 0 amide bonds. The monoisotopic (exact) mass is 219 g/mol. The minimum atomic E-state index is 0.677. The van der Waals surface area contributed by atoms with E-state index >= 15 is 0 Å². The van der Waals surface area contributed by atoms with Gasteiger partial charge in [0.1, 0.15) is 0 Å². The number of nitrogens with one attached hydrogen (secondary N) is 1. The maximum absolute atomic E-state index is 3.53. The van der Waals surface area contributed by atoms with Crippen LogP contribution in [0.5, 0.6) is 0 Å². The summed E-state index contributed by atoms with van der Waals surface area (Å²) in [6.07, 6.45) is 6.39. The van der Waals surface area contributed by atoms with E-state index in [-0.39, 0.29) is 0 Å². The van der Waals surface area contributed by atoms with Crippen molar-refractivity contribution in [1.82, 2.24) is 5.32 Å².